The Balaban J connectivity index is 1.19. The maximum absolute atomic E-state index is 13.4. The highest BCUT2D eigenvalue weighted by molar-refractivity contribution is 5.70. The molecule has 0 amide bonds. The third kappa shape index (κ3) is 9.93. The highest BCUT2D eigenvalue weighted by Gasteiger charge is 2.65. The van der Waals surface area contributed by atoms with Crippen LogP contribution < -0.4 is 0 Å². The molecule has 8 atom stereocenters. The molecule has 4 saturated carbocycles. The Kier molecular flexibility index (Phi) is 15.8. The highest BCUT2D eigenvalue weighted by atomic mass is 16.6. The Bertz CT molecular complexity index is 936. The van der Waals surface area contributed by atoms with Crippen LogP contribution in [0.15, 0.2) is 12.2 Å². The van der Waals surface area contributed by atoms with Gasteiger partial charge in [-0.3, -0.25) is 4.79 Å². The number of carbonyl (C=O) groups excluding carboxylic acids is 1. The van der Waals surface area contributed by atoms with Crippen LogP contribution in [0.25, 0.3) is 0 Å². The number of esters is 1. The molecule has 272 valence electrons. The summed E-state index contributed by atoms with van der Waals surface area (Å²) in [6.07, 6.45) is 39.5. The van der Waals surface area contributed by atoms with Crippen LogP contribution in [0.5, 0.6) is 0 Å². The number of unbranched alkanes of at least 4 members (excludes halogenated alkanes) is 11. The van der Waals surface area contributed by atoms with Crippen LogP contribution in [-0.4, -0.2) is 11.6 Å². The summed E-state index contributed by atoms with van der Waals surface area (Å²) in [5, 5.41) is 0. The standard InChI is InChI=1S/C45H80O2/c1-7-8-9-10-11-12-13-14-15-16-17-18-19-20-21-27-42(46)47-45-33-23-22-32-44(45,6)41-31-34-43(5)39(37(4)26-24-25-36(2)3)28-29-40(43)38(41)30-35-45/h14-15,36-41H,7-13,16-35H2,1-6H3/t37-,38+,39-,40+,41+,43-,44-,45?/m1/s1. The first kappa shape index (κ1) is 39.0. The van der Waals surface area contributed by atoms with Crippen molar-refractivity contribution in [1.82, 2.24) is 0 Å². The van der Waals surface area contributed by atoms with Crippen molar-refractivity contribution >= 4 is 5.97 Å². The van der Waals surface area contributed by atoms with Crippen molar-refractivity contribution in [2.75, 3.05) is 0 Å². The van der Waals surface area contributed by atoms with Gasteiger partial charge in [-0.15, -0.1) is 0 Å². The molecule has 2 heteroatoms. The zero-order valence-corrected chi connectivity index (χ0v) is 32.5. The van der Waals surface area contributed by atoms with E-state index < -0.39 is 0 Å². The lowest BCUT2D eigenvalue weighted by Gasteiger charge is -2.64. The van der Waals surface area contributed by atoms with Gasteiger partial charge < -0.3 is 4.74 Å². The molecule has 0 aromatic carbocycles. The third-order valence-electron chi connectivity index (χ3n) is 14.9. The van der Waals surface area contributed by atoms with E-state index in [4.69, 9.17) is 4.74 Å². The molecule has 0 aromatic heterocycles. The van der Waals surface area contributed by atoms with Crippen LogP contribution in [0, 0.1) is 46.3 Å². The number of carbonyl (C=O) groups is 1. The second kappa shape index (κ2) is 19.0. The first-order valence-corrected chi connectivity index (χ1v) is 21.5. The van der Waals surface area contributed by atoms with Gasteiger partial charge in [0, 0.05) is 11.8 Å². The molecule has 0 spiro atoms. The Morgan fingerprint density at radius 3 is 2.06 bits per heavy atom. The summed E-state index contributed by atoms with van der Waals surface area (Å²) in [5.41, 5.74) is 0.514. The molecule has 4 aliphatic carbocycles. The van der Waals surface area contributed by atoms with Crippen LogP contribution in [0.4, 0.5) is 0 Å². The van der Waals surface area contributed by atoms with Crippen molar-refractivity contribution in [3.63, 3.8) is 0 Å². The zero-order chi connectivity index (χ0) is 33.8. The molecule has 0 heterocycles. The van der Waals surface area contributed by atoms with E-state index in [0.29, 0.717) is 11.8 Å². The van der Waals surface area contributed by atoms with Crippen molar-refractivity contribution < 1.29 is 9.53 Å². The van der Waals surface area contributed by atoms with E-state index in [1.54, 1.807) is 0 Å². The van der Waals surface area contributed by atoms with Gasteiger partial charge in [-0.25, -0.2) is 0 Å². The Labute approximate surface area is 293 Å². The predicted octanol–water partition coefficient (Wildman–Crippen LogP) is 14.2. The van der Waals surface area contributed by atoms with Gasteiger partial charge >= 0.3 is 5.97 Å². The first-order chi connectivity index (χ1) is 22.7. The maximum atomic E-state index is 13.4. The first-order valence-electron chi connectivity index (χ1n) is 21.5. The maximum Gasteiger partial charge on any atom is 0.306 e. The number of allylic oxidation sites excluding steroid dienone is 2. The molecular weight excluding hydrogens is 572 g/mol. The van der Waals surface area contributed by atoms with E-state index in [2.05, 4.69) is 53.7 Å². The molecule has 1 unspecified atom stereocenters. The third-order valence-corrected chi connectivity index (χ3v) is 14.9. The molecule has 0 saturated heterocycles. The van der Waals surface area contributed by atoms with E-state index in [-0.39, 0.29) is 17.0 Å². The van der Waals surface area contributed by atoms with Gasteiger partial charge in [0.15, 0.2) is 0 Å². The molecule has 0 radical (unpaired) electrons. The van der Waals surface area contributed by atoms with Gasteiger partial charge in [0.2, 0.25) is 0 Å². The average Bonchev–Trinajstić information content (AvgIpc) is 3.40. The number of ether oxygens (including phenoxy) is 1. The van der Waals surface area contributed by atoms with Crippen molar-refractivity contribution in [2.45, 2.75) is 221 Å². The fourth-order valence-electron chi connectivity index (χ4n) is 12.1. The topological polar surface area (TPSA) is 26.3 Å². The number of rotatable bonds is 21. The highest BCUT2D eigenvalue weighted by Crippen LogP contribution is 2.70. The quantitative estimate of drug-likeness (QED) is 0.0700. The smallest absolute Gasteiger partial charge is 0.306 e. The lowest BCUT2D eigenvalue weighted by molar-refractivity contribution is -0.228. The molecule has 0 bridgehead atoms. The Morgan fingerprint density at radius 2 is 1.36 bits per heavy atom. The summed E-state index contributed by atoms with van der Waals surface area (Å²) in [6, 6.07) is 0. The number of fused-ring (bicyclic) bond motifs is 5. The normalized spacial score (nSPS) is 34.3. The number of hydrogen-bond acceptors (Lipinski definition) is 2. The van der Waals surface area contributed by atoms with Gasteiger partial charge in [0.25, 0.3) is 0 Å². The van der Waals surface area contributed by atoms with E-state index in [1.165, 1.54) is 148 Å². The molecule has 4 aliphatic rings. The van der Waals surface area contributed by atoms with Crippen molar-refractivity contribution in [3.8, 4) is 0 Å². The average molecular weight is 653 g/mol. The second-order valence-electron chi connectivity index (χ2n) is 18.4. The lowest BCUT2D eigenvalue weighted by atomic mass is 9.43. The van der Waals surface area contributed by atoms with Gasteiger partial charge in [-0.2, -0.15) is 0 Å². The summed E-state index contributed by atoms with van der Waals surface area (Å²) >= 11 is 0. The molecule has 0 aliphatic heterocycles. The monoisotopic (exact) mass is 653 g/mol. The molecular formula is C45H80O2. The van der Waals surface area contributed by atoms with Crippen molar-refractivity contribution in [3.05, 3.63) is 12.2 Å². The summed E-state index contributed by atoms with van der Waals surface area (Å²) in [6.45, 7) is 14.9. The SMILES string of the molecule is CCCCCCCCC=CCCCCCCCC(=O)OC12CCCC[C@]1(C)[C@H]1CC[C@]3(C)[C@@H]([C@H](C)CCCC(C)C)CC[C@H]3[C@@H]1CC2. The van der Waals surface area contributed by atoms with Crippen LogP contribution in [0.3, 0.4) is 0 Å². The summed E-state index contributed by atoms with van der Waals surface area (Å²) in [5.74, 6) is 5.22. The van der Waals surface area contributed by atoms with Crippen LogP contribution >= 0.6 is 0 Å². The minimum Gasteiger partial charge on any atom is -0.458 e. The molecule has 0 aromatic rings. The lowest BCUT2D eigenvalue weighted by Crippen LogP contribution is -2.62. The van der Waals surface area contributed by atoms with Crippen molar-refractivity contribution in [1.29, 1.82) is 0 Å². The summed E-state index contributed by atoms with van der Waals surface area (Å²) in [7, 11) is 0. The van der Waals surface area contributed by atoms with Crippen LogP contribution in [0.2, 0.25) is 0 Å². The van der Waals surface area contributed by atoms with Crippen LogP contribution in [-0.2, 0) is 9.53 Å². The summed E-state index contributed by atoms with van der Waals surface area (Å²) in [4.78, 5) is 13.4. The van der Waals surface area contributed by atoms with E-state index >= 15 is 0 Å². The molecule has 2 nitrogen and oxygen atoms in total. The molecule has 4 fully saturated rings. The van der Waals surface area contributed by atoms with Crippen LogP contribution in [0.1, 0.15) is 215 Å². The Hall–Kier alpha value is -0.790. The van der Waals surface area contributed by atoms with Gasteiger partial charge in [-0.1, -0.05) is 131 Å². The zero-order valence-electron chi connectivity index (χ0n) is 32.5. The largest absolute Gasteiger partial charge is 0.458 e. The van der Waals surface area contributed by atoms with Gasteiger partial charge in [-0.05, 0) is 131 Å². The van der Waals surface area contributed by atoms with E-state index in [1.807, 2.05) is 0 Å². The predicted molar refractivity (Wildman–Crippen MR) is 202 cm³/mol. The second-order valence-corrected chi connectivity index (χ2v) is 18.4. The van der Waals surface area contributed by atoms with E-state index in [0.717, 1.165) is 54.8 Å². The Morgan fingerprint density at radius 1 is 0.702 bits per heavy atom. The van der Waals surface area contributed by atoms with E-state index in [9.17, 15) is 4.79 Å². The minimum atomic E-state index is -0.193. The molecule has 4 rings (SSSR count). The van der Waals surface area contributed by atoms with Gasteiger partial charge in [0.05, 0.1) is 0 Å². The fourth-order valence-corrected chi connectivity index (χ4v) is 12.1. The molecule has 0 N–H and O–H groups in total. The summed E-state index contributed by atoms with van der Waals surface area (Å²) < 4.78 is 6.77. The molecule has 47 heavy (non-hydrogen) atoms. The van der Waals surface area contributed by atoms with Crippen molar-refractivity contribution in [2.24, 2.45) is 46.3 Å². The fraction of sp³-hybridized carbons (Fsp3) is 0.933. The number of hydrogen-bond donors (Lipinski definition) is 0. The van der Waals surface area contributed by atoms with Gasteiger partial charge in [0.1, 0.15) is 5.60 Å². The minimum absolute atomic E-state index is 0.117.